The maximum Gasteiger partial charge on any atom is 0.256 e. The maximum atomic E-state index is 13.8. The predicted molar refractivity (Wildman–Crippen MR) is 159 cm³/mol. The third-order valence-corrected chi connectivity index (χ3v) is 7.73. The summed E-state index contributed by atoms with van der Waals surface area (Å²) in [6.45, 7) is 5.86. The van der Waals surface area contributed by atoms with Crippen LogP contribution < -0.4 is 4.90 Å². The highest BCUT2D eigenvalue weighted by molar-refractivity contribution is 6.06. The molecule has 0 saturated carbocycles. The number of benzene rings is 3. The third-order valence-electron chi connectivity index (χ3n) is 7.73. The molecular formula is C34H31N5O. The lowest BCUT2D eigenvalue weighted by atomic mass is 9.95. The SMILES string of the molecule is CC(C)c1nc(N2CCN(C(=O)c3c[nH]c4ccccc34)CC2c2ccccc2)c(C#N)cc1-c1ccccc1. The second kappa shape index (κ2) is 10.7. The number of H-pyrrole nitrogens is 1. The van der Waals surface area contributed by atoms with Gasteiger partial charge in [0.25, 0.3) is 5.91 Å². The Morgan fingerprint density at radius 1 is 0.975 bits per heavy atom. The smallest absolute Gasteiger partial charge is 0.256 e. The van der Waals surface area contributed by atoms with Crippen LogP contribution in [0.4, 0.5) is 5.82 Å². The zero-order valence-electron chi connectivity index (χ0n) is 22.7. The number of aromatic amines is 1. The molecular weight excluding hydrogens is 494 g/mol. The van der Waals surface area contributed by atoms with Crippen LogP contribution in [0.5, 0.6) is 0 Å². The molecule has 0 bridgehead atoms. The molecule has 6 rings (SSSR count). The molecule has 1 unspecified atom stereocenters. The number of anilines is 1. The molecule has 1 aliphatic rings. The average molecular weight is 526 g/mol. The van der Waals surface area contributed by atoms with E-state index in [0.29, 0.717) is 36.6 Å². The van der Waals surface area contributed by atoms with Crippen molar-refractivity contribution in [3.63, 3.8) is 0 Å². The van der Waals surface area contributed by atoms with Gasteiger partial charge in [-0.1, -0.05) is 92.7 Å². The van der Waals surface area contributed by atoms with Gasteiger partial charge in [0.1, 0.15) is 11.9 Å². The minimum atomic E-state index is -0.147. The van der Waals surface area contributed by atoms with Crippen molar-refractivity contribution in [3.05, 3.63) is 120 Å². The first-order valence-electron chi connectivity index (χ1n) is 13.7. The molecule has 5 aromatic rings. The van der Waals surface area contributed by atoms with Crippen molar-refractivity contribution in [2.24, 2.45) is 0 Å². The van der Waals surface area contributed by atoms with Crippen LogP contribution in [-0.4, -0.2) is 40.4 Å². The van der Waals surface area contributed by atoms with Crippen LogP contribution >= 0.6 is 0 Å². The fraction of sp³-hybridized carbons (Fsp3) is 0.206. The third kappa shape index (κ3) is 4.60. The lowest BCUT2D eigenvalue weighted by Gasteiger charge is -2.43. The molecule has 1 amide bonds. The van der Waals surface area contributed by atoms with Crippen molar-refractivity contribution in [2.75, 3.05) is 24.5 Å². The van der Waals surface area contributed by atoms with Gasteiger partial charge in [0, 0.05) is 42.3 Å². The van der Waals surface area contributed by atoms with Gasteiger partial charge >= 0.3 is 0 Å². The fourth-order valence-corrected chi connectivity index (χ4v) is 5.71. The van der Waals surface area contributed by atoms with Gasteiger partial charge in [-0.2, -0.15) is 5.26 Å². The normalized spacial score (nSPS) is 15.4. The molecule has 6 heteroatoms. The lowest BCUT2D eigenvalue weighted by molar-refractivity contribution is 0.0723. The van der Waals surface area contributed by atoms with Gasteiger partial charge in [-0.15, -0.1) is 0 Å². The van der Waals surface area contributed by atoms with E-state index in [0.717, 1.165) is 33.3 Å². The number of nitrogens with zero attached hydrogens (tertiary/aromatic N) is 4. The van der Waals surface area contributed by atoms with Gasteiger partial charge < -0.3 is 14.8 Å². The minimum absolute atomic E-state index is 0.00814. The molecule has 1 aliphatic heterocycles. The van der Waals surface area contributed by atoms with Gasteiger partial charge in [0.05, 0.1) is 22.9 Å². The fourth-order valence-electron chi connectivity index (χ4n) is 5.71. The van der Waals surface area contributed by atoms with Crippen LogP contribution in [0.25, 0.3) is 22.0 Å². The Labute approximate surface area is 234 Å². The number of nitriles is 1. The summed E-state index contributed by atoms with van der Waals surface area (Å²) in [6, 6.07) is 32.5. The second-order valence-electron chi connectivity index (χ2n) is 10.5. The molecule has 2 aromatic heterocycles. The average Bonchev–Trinajstić information content (AvgIpc) is 3.45. The standard InChI is InChI=1S/C34H31N5O/c1-23(2)32-28(24-11-5-3-6-12-24)19-26(20-35)33(37-32)39-18-17-38(22-31(39)25-13-7-4-8-14-25)34(40)29-21-36-30-16-10-9-15-27(29)30/h3-16,19,21,23,31,36H,17-18,22H2,1-2H3. The van der Waals surface area contributed by atoms with Crippen molar-refractivity contribution in [1.29, 1.82) is 5.26 Å². The van der Waals surface area contributed by atoms with E-state index in [2.05, 4.69) is 54.1 Å². The number of carbonyl (C=O) groups excluding carboxylic acids is 1. The van der Waals surface area contributed by atoms with Crippen LogP contribution in [0.1, 0.15) is 53.0 Å². The van der Waals surface area contributed by atoms with Gasteiger partial charge in [-0.25, -0.2) is 4.98 Å². The topological polar surface area (TPSA) is 76.0 Å². The number of fused-ring (bicyclic) bond motifs is 1. The number of hydrogen-bond donors (Lipinski definition) is 1. The Balaban J connectivity index is 1.41. The van der Waals surface area contributed by atoms with E-state index in [1.165, 1.54) is 0 Å². The van der Waals surface area contributed by atoms with Crippen LogP contribution in [0.15, 0.2) is 97.2 Å². The monoisotopic (exact) mass is 525 g/mol. The number of para-hydroxylation sites is 1. The number of pyridine rings is 1. The lowest BCUT2D eigenvalue weighted by Crippen LogP contribution is -2.51. The summed E-state index contributed by atoms with van der Waals surface area (Å²) >= 11 is 0. The summed E-state index contributed by atoms with van der Waals surface area (Å²) in [7, 11) is 0. The van der Waals surface area contributed by atoms with Gasteiger partial charge in [-0.3, -0.25) is 4.79 Å². The maximum absolute atomic E-state index is 13.8. The first kappa shape index (κ1) is 25.4. The van der Waals surface area contributed by atoms with Crippen LogP contribution in [0.3, 0.4) is 0 Å². The van der Waals surface area contributed by atoms with E-state index < -0.39 is 0 Å². The van der Waals surface area contributed by atoms with E-state index in [1.54, 1.807) is 0 Å². The molecule has 1 atom stereocenters. The van der Waals surface area contributed by atoms with Gasteiger partial charge in [0.15, 0.2) is 0 Å². The summed E-state index contributed by atoms with van der Waals surface area (Å²) < 4.78 is 0. The van der Waals surface area contributed by atoms with E-state index >= 15 is 0 Å². The van der Waals surface area contributed by atoms with Crippen molar-refractivity contribution in [3.8, 4) is 17.2 Å². The molecule has 0 radical (unpaired) electrons. The highest BCUT2D eigenvalue weighted by Crippen LogP contribution is 2.37. The van der Waals surface area contributed by atoms with Crippen LogP contribution in [0.2, 0.25) is 0 Å². The second-order valence-corrected chi connectivity index (χ2v) is 10.5. The Kier molecular flexibility index (Phi) is 6.79. The van der Waals surface area contributed by atoms with Crippen molar-refractivity contribution >= 4 is 22.6 Å². The highest BCUT2D eigenvalue weighted by atomic mass is 16.2. The number of amides is 1. The van der Waals surface area contributed by atoms with Gasteiger partial charge in [0.2, 0.25) is 0 Å². The summed E-state index contributed by atoms with van der Waals surface area (Å²) in [5.74, 6) is 0.856. The van der Waals surface area contributed by atoms with Crippen LogP contribution in [0, 0.1) is 11.3 Å². The first-order valence-corrected chi connectivity index (χ1v) is 13.7. The first-order chi connectivity index (χ1) is 19.5. The zero-order chi connectivity index (χ0) is 27.6. The zero-order valence-corrected chi connectivity index (χ0v) is 22.7. The van der Waals surface area contributed by atoms with E-state index in [-0.39, 0.29) is 17.9 Å². The number of aromatic nitrogens is 2. The van der Waals surface area contributed by atoms with Crippen molar-refractivity contribution in [1.82, 2.24) is 14.9 Å². The number of piperazine rings is 1. The van der Waals surface area contributed by atoms with Crippen LogP contribution in [-0.2, 0) is 0 Å². The highest BCUT2D eigenvalue weighted by Gasteiger charge is 2.34. The molecule has 40 heavy (non-hydrogen) atoms. The summed E-state index contributed by atoms with van der Waals surface area (Å²) in [6.07, 6.45) is 1.81. The van der Waals surface area contributed by atoms with Gasteiger partial charge in [-0.05, 0) is 29.2 Å². The number of hydrogen-bond acceptors (Lipinski definition) is 4. The van der Waals surface area contributed by atoms with Crippen molar-refractivity contribution < 1.29 is 4.79 Å². The van der Waals surface area contributed by atoms with E-state index in [9.17, 15) is 10.1 Å². The number of nitrogens with one attached hydrogen (secondary N) is 1. The Morgan fingerprint density at radius 3 is 2.40 bits per heavy atom. The summed E-state index contributed by atoms with van der Waals surface area (Å²) in [4.78, 5) is 26.3. The quantitative estimate of drug-likeness (QED) is 0.270. The van der Waals surface area contributed by atoms with E-state index in [4.69, 9.17) is 4.98 Å². The largest absolute Gasteiger partial charge is 0.360 e. The van der Waals surface area contributed by atoms with Crippen molar-refractivity contribution in [2.45, 2.75) is 25.8 Å². The molecule has 198 valence electrons. The molecule has 6 nitrogen and oxygen atoms in total. The summed E-state index contributed by atoms with van der Waals surface area (Å²) in [5.41, 5.74) is 6.26. The molecule has 1 fully saturated rings. The molecule has 3 aromatic carbocycles. The Morgan fingerprint density at radius 2 is 1.68 bits per heavy atom. The minimum Gasteiger partial charge on any atom is -0.360 e. The molecule has 3 heterocycles. The van der Waals surface area contributed by atoms with E-state index in [1.807, 2.05) is 77.8 Å². The molecule has 1 N–H and O–H groups in total. The molecule has 1 saturated heterocycles. The summed E-state index contributed by atoms with van der Waals surface area (Å²) in [5, 5.41) is 11.2. The molecule has 0 spiro atoms. The number of rotatable bonds is 5. The predicted octanol–water partition coefficient (Wildman–Crippen LogP) is 6.93. The number of carbonyl (C=O) groups is 1. The Bertz CT molecular complexity index is 1700. The molecule has 0 aliphatic carbocycles. The Hall–Kier alpha value is -4.89.